The molecule has 1 atom stereocenters. The van der Waals surface area contributed by atoms with Gasteiger partial charge in [-0.15, -0.1) is 11.3 Å². The highest BCUT2D eigenvalue weighted by atomic mass is 35.5. The lowest BCUT2D eigenvalue weighted by molar-refractivity contribution is -0.139. The fraction of sp³-hybridized carbons (Fsp3) is 0.320. The van der Waals surface area contributed by atoms with E-state index in [0.29, 0.717) is 44.4 Å². The van der Waals surface area contributed by atoms with Crippen molar-refractivity contribution in [3.8, 4) is 5.75 Å². The maximum Gasteiger partial charge on any atom is 0.338 e. The Morgan fingerprint density at radius 2 is 2.06 bits per heavy atom. The molecule has 0 N–H and O–H groups in total. The largest absolute Gasteiger partial charge is 0.492 e. The number of carbonyl (C=O) groups excluding carboxylic acids is 1. The molecule has 2 aromatic heterocycles. The highest BCUT2D eigenvalue weighted by Gasteiger charge is 2.34. The Balaban J connectivity index is 1.91. The second-order valence-corrected chi connectivity index (χ2v) is 9.95. The Kier molecular flexibility index (Phi) is 7.70. The van der Waals surface area contributed by atoms with Gasteiger partial charge in [0.25, 0.3) is 5.56 Å². The van der Waals surface area contributed by atoms with Gasteiger partial charge in [-0.05, 0) is 55.5 Å². The van der Waals surface area contributed by atoms with E-state index in [9.17, 15) is 9.59 Å². The summed E-state index contributed by atoms with van der Waals surface area (Å²) in [6.45, 7) is 6.48. The first-order chi connectivity index (χ1) is 16.5. The summed E-state index contributed by atoms with van der Waals surface area (Å²) >= 11 is 9.15. The number of thiophene rings is 1. The van der Waals surface area contributed by atoms with Gasteiger partial charge in [0.15, 0.2) is 4.80 Å². The van der Waals surface area contributed by atoms with E-state index in [2.05, 4.69) is 0 Å². The van der Waals surface area contributed by atoms with E-state index in [0.717, 1.165) is 16.9 Å². The van der Waals surface area contributed by atoms with Crippen LogP contribution in [0.25, 0.3) is 6.08 Å². The van der Waals surface area contributed by atoms with Gasteiger partial charge in [0, 0.05) is 4.88 Å². The highest BCUT2D eigenvalue weighted by Crippen LogP contribution is 2.34. The first-order valence-corrected chi connectivity index (χ1v) is 13.2. The molecule has 9 heteroatoms. The summed E-state index contributed by atoms with van der Waals surface area (Å²) in [5, 5.41) is 2.42. The second-order valence-electron chi connectivity index (χ2n) is 7.55. The van der Waals surface area contributed by atoms with Crippen molar-refractivity contribution in [1.82, 2.24) is 4.57 Å². The van der Waals surface area contributed by atoms with Gasteiger partial charge in [0.2, 0.25) is 0 Å². The number of nitrogens with zero attached hydrogens (tertiary/aromatic N) is 2. The molecule has 34 heavy (non-hydrogen) atoms. The molecule has 0 aliphatic carbocycles. The van der Waals surface area contributed by atoms with Crippen molar-refractivity contribution in [3.63, 3.8) is 0 Å². The van der Waals surface area contributed by atoms with Crippen LogP contribution in [0.5, 0.6) is 5.75 Å². The minimum atomic E-state index is -0.567. The van der Waals surface area contributed by atoms with Crippen LogP contribution in [0.15, 0.2) is 56.8 Å². The van der Waals surface area contributed by atoms with Crippen molar-refractivity contribution in [3.05, 3.63) is 82.1 Å². The number of rotatable bonds is 8. The molecule has 4 rings (SSSR count). The number of hydrogen-bond donors (Lipinski definition) is 0. The Hall–Kier alpha value is -2.68. The summed E-state index contributed by atoms with van der Waals surface area (Å²) in [6, 6.07) is 8.71. The Morgan fingerprint density at radius 1 is 1.24 bits per heavy atom. The van der Waals surface area contributed by atoms with Crippen LogP contribution in [0.4, 0.5) is 0 Å². The van der Waals surface area contributed by atoms with Crippen LogP contribution >= 0.6 is 34.3 Å². The fourth-order valence-corrected chi connectivity index (χ4v) is 5.95. The summed E-state index contributed by atoms with van der Waals surface area (Å²) < 4.78 is 13.0. The number of benzene rings is 1. The lowest BCUT2D eigenvalue weighted by Crippen LogP contribution is -2.39. The zero-order valence-electron chi connectivity index (χ0n) is 19.2. The summed E-state index contributed by atoms with van der Waals surface area (Å²) in [7, 11) is 0. The summed E-state index contributed by atoms with van der Waals surface area (Å²) in [5.74, 6) is 0.171. The minimum absolute atomic E-state index is 0.204. The van der Waals surface area contributed by atoms with E-state index in [-0.39, 0.29) is 12.2 Å². The number of ether oxygens (including phenoxy) is 2. The molecule has 0 fully saturated rings. The van der Waals surface area contributed by atoms with Crippen molar-refractivity contribution in [2.75, 3.05) is 13.2 Å². The normalized spacial score (nSPS) is 15.8. The average molecular weight is 517 g/mol. The van der Waals surface area contributed by atoms with Crippen molar-refractivity contribution in [2.24, 2.45) is 4.99 Å². The van der Waals surface area contributed by atoms with Crippen LogP contribution in [0.3, 0.4) is 0 Å². The molecule has 0 amide bonds. The Labute approximate surface area is 210 Å². The Morgan fingerprint density at radius 3 is 2.71 bits per heavy atom. The molecule has 0 saturated carbocycles. The van der Waals surface area contributed by atoms with E-state index in [4.69, 9.17) is 26.1 Å². The van der Waals surface area contributed by atoms with Crippen LogP contribution < -0.4 is 19.6 Å². The lowest BCUT2D eigenvalue weighted by atomic mass is 9.99. The zero-order chi connectivity index (χ0) is 24.2. The minimum Gasteiger partial charge on any atom is -0.492 e. The molecule has 0 spiro atoms. The molecule has 1 aliphatic rings. The molecule has 1 aromatic carbocycles. The molecule has 1 aliphatic heterocycles. The maximum absolute atomic E-state index is 13.6. The molecule has 3 aromatic rings. The molecule has 0 radical (unpaired) electrons. The van der Waals surface area contributed by atoms with Gasteiger partial charge < -0.3 is 9.47 Å². The van der Waals surface area contributed by atoms with Gasteiger partial charge in [-0.25, -0.2) is 9.79 Å². The van der Waals surface area contributed by atoms with E-state index in [1.807, 2.05) is 37.4 Å². The number of carbonyl (C=O) groups is 1. The van der Waals surface area contributed by atoms with Crippen molar-refractivity contribution < 1.29 is 14.3 Å². The highest BCUT2D eigenvalue weighted by molar-refractivity contribution is 7.10. The van der Waals surface area contributed by atoms with Gasteiger partial charge in [0.05, 0.1) is 34.0 Å². The van der Waals surface area contributed by atoms with E-state index < -0.39 is 12.0 Å². The number of halogens is 1. The number of thiazole rings is 1. The first kappa shape index (κ1) is 24.4. The predicted molar refractivity (Wildman–Crippen MR) is 137 cm³/mol. The Bertz CT molecular complexity index is 1400. The molecule has 0 unspecified atom stereocenters. The SMILES string of the molecule is CCCC1=C(C(=O)OCC)[C@H](c2cccs2)n2c(s/c(=C\c3ccc(OCC)c(Cl)c3)c2=O)=N1. The molecular formula is C25H25ClN2O4S2. The number of aromatic nitrogens is 1. The topological polar surface area (TPSA) is 69.9 Å². The van der Waals surface area contributed by atoms with Crippen molar-refractivity contribution in [2.45, 2.75) is 39.7 Å². The van der Waals surface area contributed by atoms with Crippen LogP contribution in [0.1, 0.15) is 50.1 Å². The van der Waals surface area contributed by atoms with Crippen LogP contribution in [-0.2, 0) is 9.53 Å². The van der Waals surface area contributed by atoms with Crippen molar-refractivity contribution >= 4 is 46.3 Å². The van der Waals surface area contributed by atoms with Crippen molar-refractivity contribution in [1.29, 1.82) is 0 Å². The molecule has 0 saturated heterocycles. The third-order valence-corrected chi connectivity index (χ3v) is 7.46. The molecule has 3 heterocycles. The summed E-state index contributed by atoms with van der Waals surface area (Å²) in [5.41, 5.74) is 1.69. The van der Waals surface area contributed by atoms with E-state index in [1.165, 1.54) is 22.7 Å². The fourth-order valence-electron chi connectivity index (χ4n) is 3.87. The third-order valence-electron chi connectivity index (χ3n) is 5.26. The van der Waals surface area contributed by atoms with Gasteiger partial charge >= 0.3 is 5.97 Å². The lowest BCUT2D eigenvalue weighted by Gasteiger charge is -2.24. The number of esters is 1. The first-order valence-electron chi connectivity index (χ1n) is 11.2. The summed E-state index contributed by atoms with van der Waals surface area (Å²) in [4.78, 5) is 32.9. The van der Waals surface area contributed by atoms with Crippen LogP contribution in [-0.4, -0.2) is 23.8 Å². The molecule has 0 bridgehead atoms. The second kappa shape index (κ2) is 10.7. The number of allylic oxidation sites excluding steroid dienone is 1. The zero-order valence-corrected chi connectivity index (χ0v) is 21.6. The van der Waals surface area contributed by atoms with Crippen LogP contribution in [0, 0.1) is 0 Å². The van der Waals surface area contributed by atoms with Crippen LogP contribution in [0.2, 0.25) is 5.02 Å². The third kappa shape index (κ3) is 4.76. The smallest absolute Gasteiger partial charge is 0.338 e. The van der Waals surface area contributed by atoms with Gasteiger partial charge in [-0.1, -0.05) is 48.4 Å². The summed E-state index contributed by atoms with van der Waals surface area (Å²) in [6.07, 6.45) is 3.23. The van der Waals surface area contributed by atoms with E-state index in [1.54, 1.807) is 29.7 Å². The quantitative estimate of drug-likeness (QED) is 0.407. The standard InChI is InChI=1S/C25H25ClN2O4S2/c1-4-8-17-21(24(30)32-6-3)22(19-9-7-12-33-19)28-23(29)20(34-25(28)27-17)14-15-10-11-18(31-5-2)16(26)13-15/h7,9-14,22H,4-6,8H2,1-3H3/b20-14-/t22-/m0/s1. The number of hydrogen-bond acceptors (Lipinski definition) is 7. The van der Waals surface area contributed by atoms with Gasteiger partial charge in [-0.3, -0.25) is 9.36 Å². The van der Waals surface area contributed by atoms with E-state index >= 15 is 0 Å². The monoisotopic (exact) mass is 516 g/mol. The predicted octanol–water partition coefficient (Wildman–Crippen LogP) is 4.69. The van der Waals surface area contributed by atoms with Gasteiger partial charge in [-0.2, -0.15) is 0 Å². The maximum atomic E-state index is 13.6. The number of fused-ring (bicyclic) bond motifs is 1. The van der Waals surface area contributed by atoms with Gasteiger partial charge in [0.1, 0.15) is 11.8 Å². The molecule has 6 nitrogen and oxygen atoms in total. The average Bonchev–Trinajstić information content (AvgIpc) is 3.44. The molecular weight excluding hydrogens is 492 g/mol. The molecule has 178 valence electrons.